The summed E-state index contributed by atoms with van der Waals surface area (Å²) in [5.41, 5.74) is 0. The molecule has 0 heterocycles. The van der Waals surface area contributed by atoms with Crippen LogP contribution in [0.25, 0.3) is 0 Å². The first-order valence-electron chi connectivity index (χ1n) is 0. The Morgan fingerprint density at radius 2 is 1.00 bits per heavy atom. The van der Waals surface area contributed by atoms with Crippen LogP contribution in [0.4, 0.5) is 0 Å². The molecule has 0 rings (SSSR count). The van der Waals surface area contributed by atoms with Crippen molar-refractivity contribution >= 4 is 61.3 Å². The van der Waals surface area contributed by atoms with E-state index in [0.717, 1.165) is 0 Å². The first-order chi connectivity index (χ1) is 0. The second-order valence-electron chi connectivity index (χ2n) is 0. The summed E-state index contributed by atoms with van der Waals surface area (Å²) >= 11 is 0. The van der Waals surface area contributed by atoms with Gasteiger partial charge in [0.25, 0.3) is 0 Å². The normalized spacial score (nSPS) is 0. The molecule has 1 unspecified atom stereocenters. The summed E-state index contributed by atoms with van der Waals surface area (Å²) in [5.74, 6) is 0. The quantitative estimate of drug-likeness (QED) is 0.396. The van der Waals surface area contributed by atoms with Crippen LogP contribution >= 0.6 is 9.90 Å². The fourth-order valence-electron chi connectivity index (χ4n) is 0. The maximum Gasteiger partial charge on any atom is 0 e. The van der Waals surface area contributed by atoms with Gasteiger partial charge >= 0.3 is 0 Å². The Morgan fingerprint density at radius 3 is 1.00 bits per heavy atom. The predicted octanol–water partition coefficient (Wildman–Crippen LogP) is -1.15. The first kappa shape index (κ1) is 41.3. The van der Waals surface area contributed by atoms with Gasteiger partial charge in [0, 0.05) is 89.2 Å². The maximum atomic E-state index is 0. The molecule has 1 atom stereocenters. The molecule has 0 bridgehead atoms. The first-order valence-corrected chi connectivity index (χ1v) is 0. The van der Waals surface area contributed by atoms with Crippen LogP contribution in [0.1, 0.15) is 0 Å². The summed E-state index contributed by atoms with van der Waals surface area (Å²) in [6.45, 7) is 0. The summed E-state index contributed by atoms with van der Waals surface area (Å²) in [6, 6.07) is 0. The molecule has 2 radical (unpaired) electrons. The Kier molecular flexibility index (Phi) is 223. The van der Waals surface area contributed by atoms with Crippen molar-refractivity contribution in [2.45, 2.75) is 0 Å². The monoisotopic (exact) mass is 334 g/mol. The minimum Gasteiger partial charge on any atom is -0.412 e. The Morgan fingerprint density at radius 1 is 1.00 bits per heavy atom. The van der Waals surface area contributed by atoms with Gasteiger partial charge in [-0.1, -0.05) is 0 Å². The molecule has 0 aliphatic carbocycles. The van der Waals surface area contributed by atoms with E-state index in [1.54, 1.807) is 0 Å². The van der Waals surface area contributed by atoms with Crippen LogP contribution in [0.15, 0.2) is 0 Å². The molecule has 5 heavy (non-hydrogen) atoms. The zero-order chi connectivity index (χ0) is 0. The molecule has 32 valence electrons. The SMILES string of the molecule is O.P.[Co].[K].[W]. The van der Waals surface area contributed by atoms with E-state index in [4.69, 9.17) is 0 Å². The van der Waals surface area contributed by atoms with Crippen molar-refractivity contribution in [1.29, 1.82) is 0 Å². The van der Waals surface area contributed by atoms with Gasteiger partial charge in [-0.3, -0.25) is 0 Å². The molecule has 0 spiro atoms. The topological polar surface area (TPSA) is 31.5 Å². The Labute approximate surface area is 102 Å². The number of hydrogen-bond acceptors (Lipinski definition) is 0. The van der Waals surface area contributed by atoms with Crippen molar-refractivity contribution in [1.82, 2.24) is 0 Å². The van der Waals surface area contributed by atoms with Crippen molar-refractivity contribution in [3.05, 3.63) is 0 Å². The van der Waals surface area contributed by atoms with Gasteiger partial charge in [0.1, 0.15) is 0 Å². The standard InChI is InChI=1S/Co.K.H2O.H3P.W/h;;1H2;1H3;. The maximum absolute atomic E-state index is 0. The molecule has 0 saturated heterocycles. The van der Waals surface area contributed by atoms with E-state index in [0.29, 0.717) is 0 Å². The van der Waals surface area contributed by atoms with Crippen LogP contribution in [0.2, 0.25) is 0 Å². The van der Waals surface area contributed by atoms with E-state index in [-0.39, 0.29) is 105 Å². The fourth-order valence-corrected chi connectivity index (χ4v) is 0. The summed E-state index contributed by atoms with van der Waals surface area (Å²) in [7, 11) is 0. The Bertz CT molecular complexity index is 11.6. The van der Waals surface area contributed by atoms with Gasteiger partial charge in [-0.05, 0) is 0 Å². The van der Waals surface area contributed by atoms with Crippen molar-refractivity contribution in [3.8, 4) is 0 Å². The van der Waals surface area contributed by atoms with Gasteiger partial charge in [-0.25, -0.2) is 0 Å². The zero-order valence-electron chi connectivity index (χ0n) is 2.95. The van der Waals surface area contributed by atoms with E-state index in [2.05, 4.69) is 0 Å². The smallest absolute Gasteiger partial charge is 0 e. The predicted molar refractivity (Wildman–Crippen MR) is 20.5 cm³/mol. The fraction of sp³-hybridized carbons (Fsp3) is 0. The second kappa shape index (κ2) is 26.9. The van der Waals surface area contributed by atoms with E-state index in [1.165, 1.54) is 0 Å². The largest absolute Gasteiger partial charge is 0.412 e. The number of rotatable bonds is 0. The molecule has 0 aliphatic heterocycles. The van der Waals surface area contributed by atoms with Crippen LogP contribution in [0.3, 0.4) is 0 Å². The van der Waals surface area contributed by atoms with E-state index >= 15 is 0 Å². The third-order valence-corrected chi connectivity index (χ3v) is 0. The molecule has 0 saturated carbocycles. The third kappa shape index (κ3) is 19.0. The molecule has 0 aromatic heterocycles. The minimum atomic E-state index is 0. The third-order valence-electron chi connectivity index (χ3n) is 0. The van der Waals surface area contributed by atoms with E-state index in [1.807, 2.05) is 0 Å². The molecule has 1 nitrogen and oxygen atoms in total. The Balaban J connectivity index is 0. The zero-order valence-corrected chi connectivity index (χ0v) is 11.5. The van der Waals surface area contributed by atoms with Crippen molar-refractivity contribution in [2.24, 2.45) is 0 Å². The summed E-state index contributed by atoms with van der Waals surface area (Å²) in [6.07, 6.45) is 0. The molecule has 0 aromatic carbocycles. The van der Waals surface area contributed by atoms with Gasteiger partial charge in [-0.15, -0.1) is 0 Å². The minimum absolute atomic E-state index is 0. The van der Waals surface area contributed by atoms with Gasteiger partial charge < -0.3 is 5.48 Å². The molecule has 5 heteroatoms. The molecule has 2 N–H and O–H groups in total. The molecule has 0 aromatic rings. The van der Waals surface area contributed by atoms with E-state index < -0.39 is 0 Å². The molecule has 0 fully saturated rings. The summed E-state index contributed by atoms with van der Waals surface area (Å²) < 4.78 is 0. The van der Waals surface area contributed by atoms with Gasteiger partial charge in [0.05, 0.1) is 0 Å². The van der Waals surface area contributed by atoms with Gasteiger partial charge in [0.15, 0.2) is 0 Å². The average molecular weight is 334 g/mol. The van der Waals surface area contributed by atoms with Crippen LogP contribution in [-0.4, -0.2) is 56.9 Å². The van der Waals surface area contributed by atoms with E-state index in [9.17, 15) is 0 Å². The van der Waals surface area contributed by atoms with Crippen LogP contribution in [0.5, 0.6) is 0 Å². The summed E-state index contributed by atoms with van der Waals surface area (Å²) in [5, 5.41) is 0. The summed E-state index contributed by atoms with van der Waals surface area (Å²) in [4.78, 5) is 0. The van der Waals surface area contributed by atoms with Crippen molar-refractivity contribution in [3.63, 3.8) is 0 Å². The second-order valence-corrected chi connectivity index (χ2v) is 0. The van der Waals surface area contributed by atoms with Gasteiger partial charge in [0.2, 0.25) is 0 Å². The molecule has 0 aliphatic rings. The molecular weight excluding hydrogens is 329 g/mol. The van der Waals surface area contributed by atoms with Crippen molar-refractivity contribution in [2.75, 3.05) is 0 Å². The van der Waals surface area contributed by atoms with Gasteiger partial charge in [-0.2, -0.15) is 9.90 Å². The van der Waals surface area contributed by atoms with Crippen LogP contribution in [0, 0.1) is 0 Å². The molecule has 0 amide bonds. The van der Waals surface area contributed by atoms with Crippen LogP contribution in [-0.2, 0) is 37.8 Å². The molecular formula is H5CoKOPW. The Hall–Kier alpha value is 3.22. The number of hydrogen-bond donors (Lipinski definition) is 0. The average Bonchev–Trinajstić information content (AvgIpc) is 0. The van der Waals surface area contributed by atoms with Crippen molar-refractivity contribution < 1.29 is 43.3 Å². The van der Waals surface area contributed by atoms with Crippen LogP contribution < -0.4 is 0 Å².